The molecule has 0 radical (unpaired) electrons. The number of sulfonamides is 1. The fourth-order valence-corrected chi connectivity index (χ4v) is 3.08. The summed E-state index contributed by atoms with van der Waals surface area (Å²) in [4.78, 5) is -0.357. The molecule has 0 aliphatic rings. The number of methoxy groups -OCH3 is 1. The van der Waals surface area contributed by atoms with Crippen LogP contribution in [0.3, 0.4) is 0 Å². The highest BCUT2D eigenvalue weighted by atomic mass is 35.5. The summed E-state index contributed by atoms with van der Waals surface area (Å²) in [6, 6.07) is 7.54. The topological polar surface area (TPSA) is 81.4 Å². The predicted octanol–water partition coefficient (Wildman–Crippen LogP) is 2.87. The summed E-state index contributed by atoms with van der Waals surface area (Å²) >= 11 is 5.83. The van der Waals surface area contributed by atoms with E-state index in [9.17, 15) is 12.8 Å². The third-order valence-electron chi connectivity index (χ3n) is 2.67. The zero-order valence-electron chi connectivity index (χ0n) is 10.9. The monoisotopic (exact) mass is 330 g/mol. The van der Waals surface area contributed by atoms with Crippen molar-refractivity contribution in [3.63, 3.8) is 0 Å². The smallest absolute Gasteiger partial charge is 0.264 e. The zero-order valence-corrected chi connectivity index (χ0v) is 12.5. The largest absolute Gasteiger partial charge is 0.495 e. The Balaban J connectivity index is 2.47. The van der Waals surface area contributed by atoms with E-state index in [1.54, 1.807) is 6.07 Å². The molecule has 0 aliphatic heterocycles. The molecule has 2 aromatic carbocycles. The number of halogens is 2. The molecule has 2 aromatic rings. The van der Waals surface area contributed by atoms with Gasteiger partial charge < -0.3 is 10.5 Å². The van der Waals surface area contributed by atoms with E-state index in [2.05, 4.69) is 4.72 Å². The van der Waals surface area contributed by atoms with Crippen molar-refractivity contribution in [1.82, 2.24) is 0 Å². The van der Waals surface area contributed by atoms with Crippen molar-refractivity contribution in [3.8, 4) is 5.75 Å². The molecule has 8 heteroatoms. The number of ether oxygens (including phenoxy) is 1. The van der Waals surface area contributed by atoms with Crippen LogP contribution in [-0.2, 0) is 10.0 Å². The van der Waals surface area contributed by atoms with Gasteiger partial charge in [-0.15, -0.1) is 0 Å². The van der Waals surface area contributed by atoms with Crippen LogP contribution in [0.2, 0.25) is 5.02 Å². The molecular formula is C13H12ClFN2O3S. The quantitative estimate of drug-likeness (QED) is 0.845. The molecule has 0 fully saturated rings. The summed E-state index contributed by atoms with van der Waals surface area (Å²) in [5.41, 5.74) is 5.65. The van der Waals surface area contributed by atoms with Gasteiger partial charge in [0.2, 0.25) is 0 Å². The first-order valence-electron chi connectivity index (χ1n) is 5.75. The summed E-state index contributed by atoms with van der Waals surface area (Å²) in [6.45, 7) is 0. The first kappa shape index (κ1) is 15.4. The highest BCUT2D eigenvalue weighted by molar-refractivity contribution is 7.92. The maximum atomic E-state index is 13.2. The SMILES string of the molecule is COc1ccc(Cl)cc1NS(=O)(=O)c1cc(F)ccc1N. The van der Waals surface area contributed by atoms with Crippen LogP contribution < -0.4 is 15.2 Å². The first-order chi connectivity index (χ1) is 9.83. The van der Waals surface area contributed by atoms with Crippen LogP contribution >= 0.6 is 11.6 Å². The van der Waals surface area contributed by atoms with Gasteiger partial charge in [0, 0.05) is 5.02 Å². The molecule has 112 valence electrons. The maximum Gasteiger partial charge on any atom is 0.264 e. The summed E-state index contributed by atoms with van der Waals surface area (Å²) in [5.74, 6) is -0.430. The fourth-order valence-electron chi connectivity index (χ4n) is 1.70. The number of anilines is 2. The van der Waals surface area contributed by atoms with E-state index in [-0.39, 0.29) is 22.0 Å². The normalized spacial score (nSPS) is 11.2. The van der Waals surface area contributed by atoms with Gasteiger partial charge in [-0.25, -0.2) is 12.8 Å². The van der Waals surface area contributed by atoms with Crippen LogP contribution in [0.5, 0.6) is 5.75 Å². The lowest BCUT2D eigenvalue weighted by molar-refractivity contribution is 0.417. The minimum absolute atomic E-state index is 0.0649. The molecule has 5 nitrogen and oxygen atoms in total. The van der Waals surface area contributed by atoms with Gasteiger partial charge in [-0.3, -0.25) is 4.72 Å². The maximum absolute atomic E-state index is 13.2. The molecule has 3 N–H and O–H groups in total. The summed E-state index contributed by atoms with van der Waals surface area (Å²) in [5, 5.41) is 0.320. The first-order valence-corrected chi connectivity index (χ1v) is 7.61. The Bertz CT molecular complexity index is 781. The fraction of sp³-hybridized carbons (Fsp3) is 0.0769. The van der Waals surface area contributed by atoms with Gasteiger partial charge in [0.05, 0.1) is 18.5 Å². The van der Waals surface area contributed by atoms with Crippen molar-refractivity contribution in [2.75, 3.05) is 17.6 Å². The van der Waals surface area contributed by atoms with Crippen molar-refractivity contribution in [3.05, 3.63) is 47.2 Å². The zero-order chi connectivity index (χ0) is 15.6. The number of nitrogens with one attached hydrogen (secondary N) is 1. The Hall–Kier alpha value is -1.99. The lowest BCUT2D eigenvalue weighted by Crippen LogP contribution is -2.15. The second-order valence-electron chi connectivity index (χ2n) is 4.13. The Kier molecular flexibility index (Phi) is 4.24. The Morgan fingerprint density at radius 3 is 2.62 bits per heavy atom. The summed E-state index contributed by atoms with van der Waals surface area (Å²) in [6.07, 6.45) is 0. The molecule has 0 aliphatic carbocycles. The van der Waals surface area contributed by atoms with Crippen molar-refractivity contribution >= 4 is 33.0 Å². The molecule has 0 saturated carbocycles. The lowest BCUT2D eigenvalue weighted by atomic mass is 10.3. The van der Waals surface area contributed by atoms with E-state index in [0.29, 0.717) is 5.02 Å². The average molecular weight is 331 g/mol. The van der Waals surface area contributed by atoms with Gasteiger partial charge in [-0.1, -0.05) is 11.6 Å². The van der Waals surface area contributed by atoms with Crippen LogP contribution in [0, 0.1) is 5.82 Å². The van der Waals surface area contributed by atoms with Crippen molar-refractivity contribution in [2.45, 2.75) is 4.90 Å². The second kappa shape index (κ2) is 5.79. The third-order valence-corrected chi connectivity index (χ3v) is 4.33. The number of nitrogen functional groups attached to an aromatic ring is 1. The van der Waals surface area contributed by atoms with Crippen LogP contribution in [0.4, 0.5) is 15.8 Å². The Morgan fingerprint density at radius 2 is 1.95 bits per heavy atom. The third kappa shape index (κ3) is 3.37. The van der Waals surface area contributed by atoms with Crippen LogP contribution in [0.15, 0.2) is 41.3 Å². The predicted molar refractivity (Wildman–Crippen MR) is 79.6 cm³/mol. The highest BCUT2D eigenvalue weighted by Gasteiger charge is 2.20. The van der Waals surface area contributed by atoms with E-state index < -0.39 is 15.8 Å². The summed E-state index contributed by atoms with van der Waals surface area (Å²) in [7, 11) is -2.68. The van der Waals surface area contributed by atoms with Crippen molar-refractivity contribution in [2.24, 2.45) is 0 Å². The van der Waals surface area contributed by atoms with Gasteiger partial charge in [0.1, 0.15) is 16.5 Å². The van der Waals surface area contributed by atoms with Crippen LogP contribution in [0.25, 0.3) is 0 Å². The minimum Gasteiger partial charge on any atom is -0.495 e. The molecule has 0 atom stereocenters. The Morgan fingerprint density at radius 1 is 1.24 bits per heavy atom. The van der Waals surface area contributed by atoms with E-state index in [1.807, 2.05) is 0 Å². The number of hydrogen-bond acceptors (Lipinski definition) is 4. The minimum atomic E-state index is -4.07. The molecule has 0 heterocycles. The number of nitrogens with two attached hydrogens (primary N) is 1. The average Bonchev–Trinajstić information content (AvgIpc) is 2.41. The Labute approximate surface area is 126 Å². The van der Waals surface area contributed by atoms with Crippen molar-refractivity contribution in [1.29, 1.82) is 0 Å². The van der Waals surface area contributed by atoms with Gasteiger partial charge in [-0.2, -0.15) is 0 Å². The molecule has 0 spiro atoms. The molecule has 2 rings (SSSR count). The molecule has 0 amide bonds. The van der Waals surface area contributed by atoms with E-state index in [1.165, 1.54) is 25.3 Å². The molecule has 0 aromatic heterocycles. The van der Waals surface area contributed by atoms with Gasteiger partial charge >= 0.3 is 0 Å². The number of rotatable bonds is 4. The molecule has 0 bridgehead atoms. The number of hydrogen-bond donors (Lipinski definition) is 2. The van der Waals surface area contributed by atoms with E-state index in [0.717, 1.165) is 12.1 Å². The van der Waals surface area contributed by atoms with Crippen LogP contribution in [0.1, 0.15) is 0 Å². The summed E-state index contributed by atoms with van der Waals surface area (Å²) < 4.78 is 45.2. The standard InChI is InChI=1S/C13H12ClFN2O3S/c1-20-12-5-2-8(14)6-11(12)17-21(18,19)13-7-9(15)3-4-10(13)16/h2-7,17H,16H2,1H3. The number of benzene rings is 2. The molecule has 21 heavy (non-hydrogen) atoms. The van der Waals surface area contributed by atoms with E-state index >= 15 is 0 Å². The van der Waals surface area contributed by atoms with Gasteiger partial charge in [0.25, 0.3) is 10.0 Å². The van der Waals surface area contributed by atoms with Gasteiger partial charge in [-0.05, 0) is 36.4 Å². The van der Waals surface area contributed by atoms with E-state index in [4.69, 9.17) is 22.1 Å². The molecule has 0 unspecified atom stereocenters. The van der Waals surface area contributed by atoms with Crippen molar-refractivity contribution < 1.29 is 17.5 Å². The lowest BCUT2D eigenvalue weighted by Gasteiger charge is -2.13. The molecule has 0 saturated heterocycles. The second-order valence-corrected chi connectivity index (χ2v) is 6.22. The highest BCUT2D eigenvalue weighted by Crippen LogP contribution is 2.31. The van der Waals surface area contributed by atoms with Gasteiger partial charge in [0.15, 0.2) is 0 Å². The van der Waals surface area contributed by atoms with Crippen LogP contribution in [-0.4, -0.2) is 15.5 Å². The molecular weight excluding hydrogens is 319 g/mol.